The van der Waals surface area contributed by atoms with E-state index in [1.54, 1.807) is 23.5 Å². The zero-order valence-corrected chi connectivity index (χ0v) is 18.0. The number of primary amides is 1. The normalized spacial score (nSPS) is 14.1. The molecule has 0 radical (unpaired) electrons. The van der Waals surface area contributed by atoms with Gasteiger partial charge in [0.05, 0.1) is 16.5 Å². The molecule has 158 valence electrons. The van der Waals surface area contributed by atoms with Crippen molar-refractivity contribution in [2.45, 2.75) is 25.8 Å². The minimum absolute atomic E-state index is 0.250. The molecule has 1 aromatic carbocycles. The van der Waals surface area contributed by atoms with Crippen LogP contribution in [0.4, 0.5) is 5.69 Å². The summed E-state index contributed by atoms with van der Waals surface area (Å²) in [5.74, 6) is 6.24. The first-order valence-electron chi connectivity index (χ1n) is 9.44. The summed E-state index contributed by atoms with van der Waals surface area (Å²) < 4.78 is 0. The number of piperidine rings is 1. The van der Waals surface area contributed by atoms with Crippen LogP contribution in [0.5, 0.6) is 0 Å². The number of benzene rings is 1. The lowest BCUT2D eigenvalue weighted by Crippen LogP contribution is -2.42. The molecule has 1 aliphatic heterocycles. The second-order valence-electron chi connectivity index (χ2n) is 6.23. The summed E-state index contributed by atoms with van der Waals surface area (Å²) in [7, 11) is 1.91. The van der Waals surface area contributed by atoms with Crippen molar-refractivity contribution in [2.75, 3.05) is 25.5 Å². The van der Waals surface area contributed by atoms with E-state index in [9.17, 15) is 4.79 Å². The van der Waals surface area contributed by atoms with E-state index in [1.807, 2.05) is 19.2 Å². The first-order chi connectivity index (χ1) is 14.6. The molecule has 0 saturated carbocycles. The summed E-state index contributed by atoms with van der Waals surface area (Å²) in [6.45, 7) is 4.10. The number of hydrogen-bond donors (Lipinski definition) is 4. The number of thiophene rings is 1. The summed E-state index contributed by atoms with van der Waals surface area (Å²) in [6, 6.07) is 11.8. The Balaban J connectivity index is 0.000000313. The van der Waals surface area contributed by atoms with Gasteiger partial charge >= 0.3 is 0 Å². The van der Waals surface area contributed by atoms with Crippen molar-refractivity contribution in [3.8, 4) is 17.9 Å². The van der Waals surface area contributed by atoms with Gasteiger partial charge in [-0.2, -0.15) is 5.26 Å². The molecule has 30 heavy (non-hydrogen) atoms. The lowest BCUT2D eigenvalue weighted by Gasteiger charge is -2.21. The van der Waals surface area contributed by atoms with E-state index < -0.39 is 0 Å². The molecule has 2 aromatic rings. The second-order valence-corrected chi connectivity index (χ2v) is 7.49. The number of rotatable bonds is 3. The number of amides is 2. The van der Waals surface area contributed by atoms with Gasteiger partial charge in [-0.25, -0.2) is 0 Å². The van der Waals surface area contributed by atoms with E-state index in [1.165, 1.54) is 11.3 Å². The van der Waals surface area contributed by atoms with Crippen LogP contribution in [0.3, 0.4) is 0 Å². The van der Waals surface area contributed by atoms with E-state index in [2.05, 4.69) is 52.6 Å². The van der Waals surface area contributed by atoms with Gasteiger partial charge in [0.2, 0.25) is 12.8 Å². The Bertz CT molecular complexity index is 885. The van der Waals surface area contributed by atoms with Gasteiger partial charge in [0, 0.05) is 35.8 Å². The summed E-state index contributed by atoms with van der Waals surface area (Å²) in [5, 5.41) is 17.8. The number of nitriles is 1. The number of aryl methyl sites for hydroxylation is 1. The number of carbonyl (C=O) groups is 2. The largest absolute Gasteiger partial charge is 0.387 e. The van der Waals surface area contributed by atoms with Crippen LogP contribution < -0.4 is 21.7 Å². The first kappa shape index (κ1) is 24.7. The van der Waals surface area contributed by atoms with E-state index in [0.29, 0.717) is 11.6 Å². The summed E-state index contributed by atoms with van der Waals surface area (Å²) in [4.78, 5) is 20.8. The smallest absolute Gasteiger partial charge is 0.207 e. The van der Waals surface area contributed by atoms with Crippen LogP contribution >= 0.6 is 11.3 Å². The maximum atomic E-state index is 9.93. The van der Waals surface area contributed by atoms with Gasteiger partial charge in [-0.1, -0.05) is 11.8 Å². The quantitative estimate of drug-likeness (QED) is 0.443. The number of anilines is 1. The lowest BCUT2D eigenvalue weighted by atomic mass is 10.1. The van der Waals surface area contributed by atoms with Gasteiger partial charge in [-0.3, -0.25) is 9.59 Å². The molecule has 3 rings (SSSR count). The molecule has 8 heteroatoms. The minimum atomic E-state index is 0.250. The highest BCUT2D eigenvalue weighted by atomic mass is 32.1. The molecular formula is C22H27N5O2S. The van der Waals surface area contributed by atoms with E-state index in [-0.39, 0.29) is 6.41 Å². The van der Waals surface area contributed by atoms with Crippen molar-refractivity contribution in [1.82, 2.24) is 10.6 Å². The fourth-order valence-electron chi connectivity index (χ4n) is 2.64. The third-order valence-electron chi connectivity index (χ3n) is 4.13. The third-order valence-corrected chi connectivity index (χ3v) is 5.10. The van der Waals surface area contributed by atoms with Gasteiger partial charge in [-0.05, 0) is 56.6 Å². The highest BCUT2D eigenvalue weighted by Crippen LogP contribution is 2.24. The zero-order chi connectivity index (χ0) is 22.2. The number of nitrogens with zero attached hydrogens (tertiary/aromatic N) is 1. The van der Waals surface area contributed by atoms with Crippen molar-refractivity contribution >= 4 is 29.8 Å². The number of carbonyl (C=O) groups excluding carboxylic acids is 2. The molecule has 2 heterocycles. The van der Waals surface area contributed by atoms with Crippen molar-refractivity contribution < 1.29 is 9.59 Å². The number of nitrogens with two attached hydrogens (primary N) is 1. The van der Waals surface area contributed by atoms with E-state index in [0.717, 1.165) is 42.0 Å². The van der Waals surface area contributed by atoms with Crippen molar-refractivity contribution in [3.05, 3.63) is 51.2 Å². The summed E-state index contributed by atoms with van der Waals surface area (Å²) in [6.07, 6.45) is 3.31. The SMILES string of the molecule is CNc1cc(C#Cc2ccc(C#N)cc2)sc1C.NC=O.O=CNC1CCCNC1. The monoisotopic (exact) mass is 425 g/mol. The second kappa shape index (κ2) is 14.6. The van der Waals surface area contributed by atoms with Crippen molar-refractivity contribution in [1.29, 1.82) is 5.26 Å². The molecule has 1 aliphatic rings. The molecular weight excluding hydrogens is 398 g/mol. The fraction of sp³-hybridized carbons (Fsp3) is 0.318. The maximum Gasteiger partial charge on any atom is 0.207 e. The van der Waals surface area contributed by atoms with Gasteiger partial charge < -0.3 is 21.7 Å². The highest BCUT2D eigenvalue weighted by molar-refractivity contribution is 7.13. The topological polar surface area (TPSA) is 120 Å². The predicted octanol–water partition coefficient (Wildman–Crippen LogP) is 1.96. The molecule has 1 aromatic heterocycles. The number of nitrogens with one attached hydrogen (secondary N) is 3. The maximum absolute atomic E-state index is 9.93. The molecule has 0 aliphatic carbocycles. The van der Waals surface area contributed by atoms with Crippen LogP contribution in [0.2, 0.25) is 0 Å². The molecule has 7 nitrogen and oxygen atoms in total. The van der Waals surface area contributed by atoms with Crippen LogP contribution in [0.1, 0.15) is 33.7 Å². The van der Waals surface area contributed by atoms with Crippen LogP contribution in [0, 0.1) is 30.1 Å². The Morgan fingerprint density at radius 3 is 2.40 bits per heavy atom. The van der Waals surface area contributed by atoms with Crippen LogP contribution in [-0.2, 0) is 9.59 Å². The van der Waals surface area contributed by atoms with Gasteiger partial charge in [0.15, 0.2) is 0 Å². The highest BCUT2D eigenvalue weighted by Gasteiger charge is 2.09. The molecule has 1 fully saturated rings. The Morgan fingerprint density at radius 1 is 1.23 bits per heavy atom. The molecule has 1 atom stereocenters. The standard InChI is InChI=1S/C15H12N2S.C6H12N2O.CH3NO/c1-11-15(17-2)9-14(18-11)8-7-12-3-5-13(10-16)6-4-12;9-5-8-6-2-1-3-7-4-6;2-1-3/h3-6,9,17H,1-2H3;5-7H,1-4H2,(H,8,9);1H,(H2,2,3). The van der Waals surface area contributed by atoms with Crippen molar-refractivity contribution in [3.63, 3.8) is 0 Å². The predicted molar refractivity (Wildman–Crippen MR) is 121 cm³/mol. The van der Waals surface area contributed by atoms with E-state index in [4.69, 9.17) is 10.1 Å². The fourth-order valence-corrected chi connectivity index (χ4v) is 3.52. The molecule has 0 spiro atoms. The Hall–Kier alpha value is -3.33. The Morgan fingerprint density at radius 2 is 1.90 bits per heavy atom. The average molecular weight is 426 g/mol. The molecule has 1 unspecified atom stereocenters. The molecule has 1 saturated heterocycles. The van der Waals surface area contributed by atoms with Crippen LogP contribution in [0.15, 0.2) is 30.3 Å². The van der Waals surface area contributed by atoms with Gasteiger partial charge in [0.25, 0.3) is 0 Å². The lowest BCUT2D eigenvalue weighted by molar-refractivity contribution is -0.110. The third kappa shape index (κ3) is 9.24. The van der Waals surface area contributed by atoms with Crippen LogP contribution in [-0.4, -0.2) is 39.0 Å². The summed E-state index contributed by atoms with van der Waals surface area (Å²) >= 11 is 1.68. The summed E-state index contributed by atoms with van der Waals surface area (Å²) in [5.41, 5.74) is 6.88. The van der Waals surface area contributed by atoms with Crippen molar-refractivity contribution in [2.24, 2.45) is 5.73 Å². The van der Waals surface area contributed by atoms with Gasteiger partial charge in [-0.15, -0.1) is 11.3 Å². The zero-order valence-electron chi connectivity index (χ0n) is 17.2. The van der Waals surface area contributed by atoms with Gasteiger partial charge in [0.1, 0.15) is 0 Å². The Labute approximate surface area is 181 Å². The first-order valence-corrected chi connectivity index (χ1v) is 10.3. The molecule has 0 bridgehead atoms. The minimum Gasteiger partial charge on any atom is -0.387 e. The Kier molecular flexibility index (Phi) is 12.1. The van der Waals surface area contributed by atoms with Crippen LogP contribution in [0.25, 0.3) is 0 Å². The van der Waals surface area contributed by atoms with E-state index >= 15 is 0 Å². The average Bonchev–Trinajstić information content (AvgIpc) is 3.14. The molecule has 5 N–H and O–H groups in total. The molecule has 2 amide bonds. The number of hydrogen-bond acceptors (Lipinski definition) is 6.